The molecule has 1 aliphatic rings. The summed E-state index contributed by atoms with van der Waals surface area (Å²) in [5, 5.41) is 6.67. The second-order valence-electron chi connectivity index (χ2n) is 7.38. The quantitative estimate of drug-likeness (QED) is 0.459. The first kappa shape index (κ1) is 20.8. The summed E-state index contributed by atoms with van der Waals surface area (Å²) in [4.78, 5) is 20.5. The van der Waals surface area contributed by atoms with Crippen LogP contribution in [0, 0.1) is 23.1 Å². The fourth-order valence-corrected chi connectivity index (χ4v) is 3.18. The minimum Gasteiger partial charge on any atom is -0.378 e. The minimum absolute atomic E-state index is 0.172. The summed E-state index contributed by atoms with van der Waals surface area (Å²) in [5.41, 5.74) is 1.59. The number of halogens is 2. The lowest BCUT2D eigenvalue weighted by atomic mass is 9.89. The second kappa shape index (κ2) is 8.34. The van der Waals surface area contributed by atoms with E-state index >= 15 is 0 Å². The smallest absolute Gasteiger partial charge is 0.247 e. The van der Waals surface area contributed by atoms with E-state index in [0.29, 0.717) is 46.2 Å². The number of carbonyl (C=O) groups excluding carboxylic acids is 1. The van der Waals surface area contributed by atoms with Gasteiger partial charge in [0, 0.05) is 10.4 Å². The average molecular weight is 437 g/mol. The summed E-state index contributed by atoms with van der Waals surface area (Å²) >= 11 is 5.99. The maximum atomic E-state index is 14.2. The first-order valence-corrected chi connectivity index (χ1v) is 9.80. The molecule has 0 aliphatic carbocycles. The lowest BCUT2D eigenvalue weighted by Crippen LogP contribution is -2.38. The van der Waals surface area contributed by atoms with Gasteiger partial charge in [-0.2, -0.15) is 0 Å². The van der Waals surface area contributed by atoms with Gasteiger partial charge in [-0.15, -0.1) is 0 Å². The number of rotatable bonds is 4. The fraction of sp³-hybridized carbons (Fsp3) is 0.174. The molecule has 0 radical (unpaired) electrons. The van der Waals surface area contributed by atoms with Crippen LogP contribution in [0.25, 0.3) is 10.9 Å². The Morgan fingerprint density at radius 2 is 2.10 bits per heavy atom. The highest BCUT2D eigenvalue weighted by molar-refractivity contribution is 6.30. The van der Waals surface area contributed by atoms with Crippen molar-refractivity contribution in [1.82, 2.24) is 9.97 Å². The number of fused-ring (bicyclic) bond motifs is 1. The van der Waals surface area contributed by atoms with E-state index in [4.69, 9.17) is 16.3 Å². The van der Waals surface area contributed by atoms with Crippen LogP contribution >= 0.6 is 11.6 Å². The van der Waals surface area contributed by atoms with Gasteiger partial charge in [0.25, 0.3) is 0 Å². The third kappa shape index (κ3) is 4.50. The zero-order chi connectivity index (χ0) is 22.0. The number of nitrogens with one attached hydrogen (secondary N) is 2. The van der Waals surface area contributed by atoms with E-state index in [1.165, 1.54) is 30.6 Å². The van der Waals surface area contributed by atoms with Gasteiger partial charge in [-0.1, -0.05) is 30.0 Å². The molecule has 2 N–H and O–H groups in total. The van der Waals surface area contributed by atoms with Gasteiger partial charge >= 0.3 is 0 Å². The predicted molar refractivity (Wildman–Crippen MR) is 119 cm³/mol. The van der Waals surface area contributed by atoms with Crippen molar-refractivity contribution in [1.29, 1.82) is 0 Å². The number of anilines is 3. The van der Waals surface area contributed by atoms with Crippen molar-refractivity contribution < 1.29 is 13.9 Å². The van der Waals surface area contributed by atoms with Crippen LogP contribution in [-0.2, 0) is 9.53 Å². The zero-order valence-electron chi connectivity index (χ0n) is 16.6. The van der Waals surface area contributed by atoms with Gasteiger partial charge in [-0.25, -0.2) is 14.4 Å². The number of amides is 1. The van der Waals surface area contributed by atoms with Crippen LogP contribution in [0.15, 0.2) is 49.3 Å². The molecule has 0 bridgehead atoms. The van der Waals surface area contributed by atoms with Crippen LogP contribution in [0.2, 0.25) is 5.02 Å². The van der Waals surface area contributed by atoms with Crippen LogP contribution in [-0.4, -0.2) is 29.1 Å². The Kier molecular flexibility index (Phi) is 5.59. The summed E-state index contributed by atoms with van der Waals surface area (Å²) in [5.74, 6) is 5.83. The van der Waals surface area contributed by atoms with Crippen LogP contribution in [0.3, 0.4) is 0 Å². The topological polar surface area (TPSA) is 76.1 Å². The van der Waals surface area contributed by atoms with Crippen LogP contribution in [0.5, 0.6) is 0 Å². The maximum Gasteiger partial charge on any atom is 0.247 e. The molecule has 4 rings (SSSR count). The summed E-state index contributed by atoms with van der Waals surface area (Å²) in [6.45, 7) is 6.62. The number of nitrogens with zero attached hydrogens (tertiary/aromatic N) is 2. The first-order chi connectivity index (χ1) is 14.9. The summed E-state index contributed by atoms with van der Waals surface area (Å²) in [6.07, 6.45) is 2.54. The monoisotopic (exact) mass is 436 g/mol. The van der Waals surface area contributed by atoms with E-state index < -0.39 is 5.82 Å². The Labute approximate surface area is 183 Å². The highest BCUT2D eigenvalue weighted by atomic mass is 35.5. The van der Waals surface area contributed by atoms with Crippen molar-refractivity contribution in [2.24, 2.45) is 5.41 Å². The summed E-state index contributed by atoms with van der Waals surface area (Å²) in [6, 6.07) is 7.65. The van der Waals surface area contributed by atoms with Crippen molar-refractivity contribution in [3.63, 3.8) is 0 Å². The van der Waals surface area contributed by atoms with Gasteiger partial charge in [-0.05, 0) is 43.3 Å². The molecule has 1 amide bonds. The summed E-state index contributed by atoms with van der Waals surface area (Å²) < 4.78 is 19.5. The van der Waals surface area contributed by atoms with Crippen molar-refractivity contribution in [2.45, 2.75) is 6.92 Å². The van der Waals surface area contributed by atoms with Gasteiger partial charge in [0.2, 0.25) is 5.91 Å². The largest absolute Gasteiger partial charge is 0.378 e. The molecule has 1 saturated heterocycles. The molecule has 8 heteroatoms. The number of carbonyl (C=O) groups is 1. The van der Waals surface area contributed by atoms with E-state index in [9.17, 15) is 9.18 Å². The Morgan fingerprint density at radius 3 is 2.81 bits per heavy atom. The molecule has 31 heavy (non-hydrogen) atoms. The van der Waals surface area contributed by atoms with E-state index in [1.807, 2.05) is 6.92 Å². The molecule has 0 saturated carbocycles. The molecule has 3 aromatic rings. The zero-order valence-corrected chi connectivity index (χ0v) is 17.4. The van der Waals surface area contributed by atoms with Crippen LogP contribution in [0.4, 0.5) is 21.6 Å². The molecule has 6 nitrogen and oxygen atoms in total. The standard InChI is InChI=1S/C23H18ClFN4O2/c1-3-21(30)28-18-10-16-19(8-14(18)6-7-23(2)11-31-12-23)26-13-27-22(16)29-20-9-15(24)4-5-17(20)25/h3-5,8-10,13H,1,11-12H2,2H3,(H,28,30)(H,26,27,29). The molecular formula is C23H18ClFN4O2. The summed E-state index contributed by atoms with van der Waals surface area (Å²) in [7, 11) is 0. The fourth-order valence-electron chi connectivity index (χ4n) is 3.01. The number of ether oxygens (including phenoxy) is 1. The molecule has 1 aliphatic heterocycles. The molecule has 2 aromatic carbocycles. The van der Waals surface area contributed by atoms with Gasteiger partial charge in [-0.3, -0.25) is 4.79 Å². The molecular weight excluding hydrogens is 419 g/mol. The molecule has 156 valence electrons. The lowest BCUT2D eigenvalue weighted by molar-refractivity contribution is -0.111. The highest BCUT2D eigenvalue weighted by Crippen LogP contribution is 2.31. The minimum atomic E-state index is -0.477. The SMILES string of the molecule is C=CC(=O)Nc1cc2c(Nc3cc(Cl)ccc3F)ncnc2cc1C#CC1(C)COC1. The second-order valence-corrected chi connectivity index (χ2v) is 7.82. The Morgan fingerprint density at radius 1 is 1.29 bits per heavy atom. The Hall–Kier alpha value is -3.47. The third-order valence-corrected chi connectivity index (χ3v) is 4.97. The molecule has 1 aromatic heterocycles. The number of hydrogen-bond donors (Lipinski definition) is 2. The molecule has 0 atom stereocenters. The number of hydrogen-bond acceptors (Lipinski definition) is 5. The lowest BCUT2D eigenvalue weighted by Gasteiger charge is -2.32. The van der Waals surface area contributed by atoms with Gasteiger partial charge in [0.1, 0.15) is 18.0 Å². The molecule has 0 unspecified atom stereocenters. The van der Waals surface area contributed by atoms with Crippen LogP contribution in [0.1, 0.15) is 12.5 Å². The van der Waals surface area contributed by atoms with E-state index in [0.717, 1.165) is 0 Å². The highest BCUT2D eigenvalue weighted by Gasteiger charge is 2.31. The normalized spacial score (nSPS) is 14.2. The number of aromatic nitrogens is 2. The average Bonchev–Trinajstić information content (AvgIpc) is 2.73. The molecule has 1 fully saturated rings. The predicted octanol–water partition coefficient (Wildman–Crippen LogP) is 4.68. The Balaban J connectivity index is 1.81. The van der Waals surface area contributed by atoms with Crippen LogP contribution < -0.4 is 10.6 Å². The Bertz CT molecular complexity index is 1260. The van der Waals surface area contributed by atoms with Crippen molar-refractivity contribution in [3.05, 3.63) is 65.7 Å². The first-order valence-electron chi connectivity index (χ1n) is 9.42. The van der Waals surface area contributed by atoms with Crippen molar-refractivity contribution in [2.75, 3.05) is 23.8 Å². The molecule has 0 spiro atoms. The maximum absolute atomic E-state index is 14.2. The number of benzene rings is 2. The van der Waals surface area contributed by atoms with Gasteiger partial charge in [0.05, 0.1) is 41.1 Å². The third-order valence-electron chi connectivity index (χ3n) is 4.74. The van der Waals surface area contributed by atoms with Crippen molar-refractivity contribution in [3.8, 4) is 11.8 Å². The van der Waals surface area contributed by atoms with Gasteiger partial charge < -0.3 is 15.4 Å². The van der Waals surface area contributed by atoms with Crippen molar-refractivity contribution >= 4 is 45.6 Å². The van der Waals surface area contributed by atoms with E-state index in [1.54, 1.807) is 12.1 Å². The molecule has 2 heterocycles. The van der Waals surface area contributed by atoms with E-state index in [2.05, 4.69) is 39.0 Å². The van der Waals surface area contributed by atoms with Gasteiger partial charge in [0.15, 0.2) is 0 Å². The van der Waals surface area contributed by atoms with E-state index in [-0.39, 0.29) is 17.0 Å².